The van der Waals surface area contributed by atoms with Gasteiger partial charge in [0.15, 0.2) is 0 Å². The first-order chi connectivity index (χ1) is 19.7. The number of rotatable bonds is 7. The van der Waals surface area contributed by atoms with E-state index in [-0.39, 0.29) is 10.8 Å². The maximum absolute atomic E-state index is 13.6. The fraction of sp³-hybridized carbons (Fsp3) is 0.226. The molecule has 2 aromatic heterocycles. The average Bonchev–Trinajstić information content (AvgIpc) is 3.53. The van der Waals surface area contributed by atoms with Crippen LogP contribution in [0.3, 0.4) is 0 Å². The van der Waals surface area contributed by atoms with Crippen molar-refractivity contribution in [1.29, 1.82) is 0 Å². The number of benzene rings is 3. The van der Waals surface area contributed by atoms with Gasteiger partial charge >= 0.3 is 0 Å². The summed E-state index contributed by atoms with van der Waals surface area (Å²) >= 11 is 3.24. The van der Waals surface area contributed by atoms with Crippen LogP contribution >= 0.6 is 22.7 Å². The molecule has 0 saturated carbocycles. The van der Waals surface area contributed by atoms with Gasteiger partial charge in [0.2, 0.25) is 0 Å². The molecule has 3 heterocycles. The lowest BCUT2D eigenvalue weighted by Gasteiger charge is -2.30. The number of thiazole rings is 1. The molecule has 1 amide bonds. The molecule has 7 nitrogen and oxygen atoms in total. The molecular weight excluding hydrogens is 573 g/mol. The van der Waals surface area contributed by atoms with Gasteiger partial charge in [0.1, 0.15) is 10.0 Å². The van der Waals surface area contributed by atoms with Crippen molar-refractivity contribution in [3.05, 3.63) is 94.4 Å². The number of nitrogens with zero attached hydrogens (tertiary/aromatic N) is 2. The summed E-state index contributed by atoms with van der Waals surface area (Å²) in [4.78, 5) is 22.4. The molecule has 10 heteroatoms. The largest absolute Gasteiger partial charge is 0.313 e. The lowest BCUT2D eigenvalue weighted by molar-refractivity contribution is 0.102. The van der Waals surface area contributed by atoms with Crippen LogP contribution in [-0.4, -0.2) is 36.8 Å². The van der Waals surface area contributed by atoms with Crippen LogP contribution in [0.4, 0.5) is 10.7 Å². The van der Waals surface area contributed by atoms with Crippen molar-refractivity contribution >= 4 is 59.5 Å². The van der Waals surface area contributed by atoms with Crippen molar-refractivity contribution in [2.75, 3.05) is 16.6 Å². The van der Waals surface area contributed by atoms with E-state index in [1.54, 1.807) is 71.2 Å². The first kappa shape index (κ1) is 27.6. The van der Waals surface area contributed by atoms with Crippen LogP contribution in [0.25, 0.3) is 20.8 Å². The highest BCUT2D eigenvalue weighted by Gasteiger charge is 2.29. The summed E-state index contributed by atoms with van der Waals surface area (Å²) in [6, 6.07) is 21.7. The summed E-state index contributed by atoms with van der Waals surface area (Å²) in [5.74, 6) is -0.303. The second-order valence-corrected chi connectivity index (χ2v) is 14.3. The molecule has 210 valence electrons. The van der Waals surface area contributed by atoms with E-state index in [1.807, 2.05) is 25.1 Å². The normalized spacial score (nSPS) is 13.9. The Morgan fingerprint density at radius 3 is 2.54 bits per heavy atom. The molecular formula is C31H30N4O3S3. The summed E-state index contributed by atoms with van der Waals surface area (Å²) in [6.45, 7) is 8.10. The van der Waals surface area contributed by atoms with Gasteiger partial charge in [-0.05, 0) is 75.2 Å². The number of nitrogens with one attached hydrogen (secondary N) is 2. The van der Waals surface area contributed by atoms with E-state index in [4.69, 9.17) is 4.98 Å². The standard InChI is InChI=1S/C31H30N4O3S3/c1-19(2)35-16-15-24-27(18-35)40-31(28(24)30-32-25-9-4-5-10-26(25)39-30)33-29(36)21-7-6-8-22(17-21)34-41(37,38)23-13-11-20(3)12-14-23/h4-14,17,19,34H,15-16,18H2,1-3H3,(H,33,36). The van der Waals surface area contributed by atoms with Crippen LogP contribution in [0.15, 0.2) is 77.7 Å². The third kappa shape index (κ3) is 5.65. The van der Waals surface area contributed by atoms with Crippen molar-refractivity contribution in [2.45, 2.75) is 44.7 Å². The molecule has 1 aliphatic rings. The number of hydrogen-bond acceptors (Lipinski definition) is 7. The van der Waals surface area contributed by atoms with E-state index in [0.29, 0.717) is 17.3 Å². The van der Waals surface area contributed by atoms with Gasteiger partial charge in [0.05, 0.1) is 15.1 Å². The van der Waals surface area contributed by atoms with Crippen molar-refractivity contribution in [3.8, 4) is 10.6 Å². The van der Waals surface area contributed by atoms with Gasteiger partial charge in [-0.3, -0.25) is 14.4 Å². The molecule has 0 unspecified atom stereocenters. The molecule has 41 heavy (non-hydrogen) atoms. The molecule has 6 rings (SSSR count). The molecule has 0 bridgehead atoms. The fourth-order valence-electron chi connectivity index (χ4n) is 4.99. The van der Waals surface area contributed by atoms with Gasteiger partial charge < -0.3 is 5.32 Å². The summed E-state index contributed by atoms with van der Waals surface area (Å²) < 4.78 is 29.6. The van der Waals surface area contributed by atoms with Crippen LogP contribution in [0.2, 0.25) is 0 Å². The fourth-order valence-corrected chi connectivity index (χ4v) is 8.42. The molecule has 0 atom stereocenters. The topological polar surface area (TPSA) is 91.4 Å². The molecule has 0 radical (unpaired) electrons. The predicted octanol–water partition coefficient (Wildman–Crippen LogP) is 7.15. The van der Waals surface area contributed by atoms with Crippen molar-refractivity contribution in [2.24, 2.45) is 0 Å². The Kier molecular flexibility index (Phi) is 7.41. The lowest BCUT2D eigenvalue weighted by atomic mass is 10.0. The van der Waals surface area contributed by atoms with Crippen LogP contribution in [-0.2, 0) is 23.0 Å². The van der Waals surface area contributed by atoms with E-state index in [0.717, 1.165) is 50.9 Å². The average molecular weight is 603 g/mol. The number of thiophene rings is 1. The van der Waals surface area contributed by atoms with E-state index in [2.05, 4.69) is 34.9 Å². The molecule has 0 aliphatic carbocycles. The highest BCUT2D eigenvalue weighted by molar-refractivity contribution is 7.92. The summed E-state index contributed by atoms with van der Waals surface area (Å²) in [7, 11) is -3.79. The van der Waals surface area contributed by atoms with Crippen molar-refractivity contribution < 1.29 is 13.2 Å². The molecule has 0 spiro atoms. The Balaban J connectivity index is 1.31. The molecule has 2 N–H and O–H groups in total. The van der Waals surface area contributed by atoms with Crippen LogP contribution in [0.5, 0.6) is 0 Å². The second kappa shape index (κ2) is 11.0. The number of anilines is 2. The minimum absolute atomic E-state index is 0.165. The minimum atomic E-state index is -3.79. The van der Waals surface area contributed by atoms with Gasteiger partial charge in [-0.15, -0.1) is 22.7 Å². The Morgan fingerprint density at radius 2 is 1.78 bits per heavy atom. The Morgan fingerprint density at radius 1 is 1.00 bits per heavy atom. The summed E-state index contributed by atoms with van der Waals surface area (Å²) in [5, 5.41) is 4.82. The highest BCUT2D eigenvalue weighted by Crippen LogP contribution is 2.46. The zero-order valence-electron chi connectivity index (χ0n) is 23.0. The Labute approximate surface area is 247 Å². The minimum Gasteiger partial charge on any atom is -0.313 e. The number of aromatic nitrogens is 1. The number of carbonyl (C=O) groups excluding carboxylic acids is 1. The van der Waals surface area contributed by atoms with Crippen LogP contribution < -0.4 is 10.0 Å². The summed E-state index contributed by atoms with van der Waals surface area (Å²) in [6.07, 6.45) is 0.890. The maximum atomic E-state index is 13.6. The van der Waals surface area contributed by atoms with Gasteiger partial charge in [-0.2, -0.15) is 0 Å². The summed E-state index contributed by atoms with van der Waals surface area (Å²) in [5.41, 5.74) is 4.85. The predicted molar refractivity (Wildman–Crippen MR) is 169 cm³/mol. The number of para-hydroxylation sites is 1. The third-order valence-electron chi connectivity index (χ3n) is 7.26. The van der Waals surface area contributed by atoms with Gasteiger partial charge in [-0.25, -0.2) is 13.4 Å². The molecule has 5 aromatic rings. The number of carbonyl (C=O) groups is 1. The zero-order chi connectivity index (χ0) is 28.7. The quantitative estimate of drug-likeness (QED) is 0.206. The van der Waals surface area contributed by atoms with Gasteiger partial charge in [0.25, 0.3) is 15.9 Å². The Hall–Kier alpha value is -3.57. The van der Waals surface area contributed by atoms with Crippen molar-refractivity contribution in [1.82, 2.24) is 9.88 Å². The SMILES string of the molecule is Cc1ccc(S(=O)(=O)Nc2cccc(C(=O)Nc3sc4c(c3-c3nc5ccccc5s3)CCN(C(C)C)C4)c2)cc1. The number of amides is 1. The Bertz CT molecular complexity index is 1820. The van der Waals surface area contributed by atoms with Crippen LogP contribution in [0.1, 0.15) is 40.2 Å². The van der Waals surface area contributed by atoms with E-state index in [1.165, 1.54) is 10.4 Å². The monoisotopic (exact) mass is 602 g/mol. The van der Waals surface area contributed by atoms with E-state index >= 15 is 0 Å². The van der Waals surface area contributed by atoms with E-state index in [9.17, 15) is 13.2 Å². The van der Waals surface area contributed by atoms with Crippen LogP contribution in [0, 0.1) is 6.92 Å². The number of hydrogen-bond donors (Lipinski definition) is 2. The first-order valence-corrected chi connectivity index (χ1v) is 16.5. The van der Waals surface area contributed by atoms with Gasteiger partial charge in [0, 0.05) is 40.8 Å². The number of sulfonamides is 1. The smallest absolute Gasteiger partial charge is 0.261 e. The van der Waals surface area contributed by atoms with Crippen molar-refractivity contribution in [3.63, 3.8) is 0 Å². The lowest BCUT2D eigenvalue weighted by Crippen LogP contribution is -2.35. The molecule has 0 saturated heterocycles. The number of aryl methyl sites for hydroxylation is 1. The molecule has 3 aromatic carbocycles. The van der Waals surface area contributed by atoms with Gasteiger partial charge in [-0.1, -0.05) is 35.9 Å². The molecule has 0 fully saturated rings. The maximum Gasteiger partial charge on any atom is 0.261 e. The second-order valence-electron chi connectivity index (χ2n) is 10.5. The first-order valence-electron chi connectivity index (χ1n) is 13.4. The highest BCUT2D eigenvalue weighted by atomic mass is 32.2. The number of fused-ring (bicyclic) bond motifs is 2. The third-order valence-corrected chi connectivity index (χ3v) is 10.8. The molecule has 1 aliphatic heterocycles. The van der Waals surface area contributed by atoms with E-state index < -0.39 is 10.0 Å². The zero-order valence-corrected chi connectivity index (χ0v) is 25.4.